The van der Waals surface area contributed by atoms with Crippen LogP contribution in [0.5, 0.6) is 0 Å². The summed E-state index contributed by atoms with van der Waals surface area (Å²) in [5, 5.41) is 4.15. The molecule has 1 heterocycles. The number of aryl methyl sites for hydroxylation is 1. The third-order valence-electron chi connectivity index (χ3n) is 2.93. The molecule has 0 atom stereocenters. The van der Waals surface area contributed by atoms with Gasteiger partial charge in [-0.05, 0) is 38.1 Å². The van der Waals surface area contributed by atoms with Gasteiger partial charge in [-0.25, -0.2) is 4.98 Å². The van der Waals surface area contributed by atoms with E-state index in [-0.39, 0.29) is 0 Å². The quantitative estimate of drug-likeness (QED) is 0.903. The Morgan fingerprint density at radius 3 is 2.29 bits per heavy atom. The van der Waals surface area contributed by atoms with Crippen LogP contribution in [0.2, 0.25) is 0 Å². The van der Waals surface area contributed by atoms with Crippen LogP contribution < -0.4 is 5.32 Å². The summed E-state index contributed by atoms with van der Waals surface area (Å²) >= 11 is 1.69. The van der Waals surface area contributed by atoms with Crippen LogP contribution in [0.1, 0.15) is 11.4 Å². The summed E-state index contributed by atoms with van der Waals surface area (Å²) in [4.78, 5) is 5.76. The normalized spacial score (nSPS) is 10.6. The van der Waals surface area contributed by atoms with Crippen molar-refractivity contribution in [2.75, 3.05) is 12.4 Å². The molecule has 0 radical (unpaired) electrons. The van der Waals surface area contributed by atoms with Gasteiger partial charge >= 0.3 is 0 Å². The van der Waals surface area contributed by atoms with Crippen LogP contribution in [0.3, 0.4) is 0 Å². The number of rotatable bonds is 3. The van der Waals surface area contributed by atoms with Crippen molar-refractivity contribution < 1.29 is 0 Å². The second kappa shape index (κ2) is 4.84. The van der Waals surface area contributed by atoms with Crippen molar-refractivity contribution in [3.63, 3.8) is 0 Å². The predicted octanol–water partition coefficient (Wildman–Crippen LogP) is 3.23. The van der Waals surface area contributed by atoms with Gasteiger partial charge < -0.3 is 9.88 Å². The predicted molar refractivity (Wildman–Crippen MR) is 72.8 cm³/mol. The molecule has 0 aliphatic carbocycles. The number of nitrogens with zero attached hydrogens (tertiary/aromatic N) is 2. The molecule has 0 bridgehead atoms. The number of anilines is 1. The molecule has 0 aliphatic heterocycles. The molecule has 2 aromatic rings. The van der Waals surface area contributed by atoms with Gasteiger partial charge in [0.25, 0.3) is 0 Å². The number of nitrogens with one attached hydrogen (secondary N) is 1. The lowest BCUT2D eigenvalue weighted by molar-refractivity contribution is 0.766. The van der Waals surface area contributed by atoms with Gasteiger partial charge in [0, 0.05) is 30.4 Å². The first-order valence-corrected chi connectivity index (χ1v) is 6.39. The van der Waals surface area contributed by atoms with Crippen molar-refractivity contribution in [1.82, 2.24) is 9.55 Å². The van der Waals surface area contributed by atoms with Gasteiger partial charge in [0.1, 0.15) is 0 Å². The zero-order valence-electron chi connectivity index (χ0n) is 10.6. The molecule has 0 saturated heterocycles. The number of aromatic nitrogens is 2. The van der Waals surface area contributed by atoms with Gasteiger partial charge in [-0.2, -0.15) is 0 Å². The molecule has 1 N–H and O–H groups in total. The Labute approximate surface area is 106 Å². The van der Waals surface area contributed by atoms with Crippen molar-refractivity contribution in [2.45, 2.75) is 23.9 Å². The van der Waals surface area contributed by atoms with Crippen molar-refractivity contribution in [3.8, 4) is 0 Å². The summed E-state index contributed by atoms with van der Waals surface area (Å²) in [5.41, 5.74) is 3.45. The molecule has 2 rings (SSSR count). The lowest BCUT2D eigenvalue weighted by Crippen LogP contribution is -1.93. The van der Waals surface area contributed by atoms with Crippen LogP contribution in [0, 0.1) is 13.8 Å². The Kier molecular flexibility index (Phi) is 3.43. The number of benzene rings is 1. The van der Waals surface area contributed by atoms with E-state index in [1.165, 1.54) is 10.6 Å². The maximum Gasteiger partial charge on any atom is 0.173 e. The summed E-state index contributed by atoms with van der Waals surface area (Å²) in [7, 11) is 3.98. The average Bonchev–Trinajstić information content (AvgIpc) is 2.58. The SMILES string of the molecule is CNc1ccc(Sc2nc(C)c(C)n2C)cc1. The summed E-state index contributed by atoms with van der Waals surface area (Å²) < 4.78 is 2.13. The monoisotopic (exact) mass is 247 g/mol. The molecule has 17 heavy (non-hydrogen) atoms. The van der Waals surface area contributed by atoms with Crippen LogP contribution in [-0.2, 0) is 7.05 Å². The third kappa shape index (κ3) is 2.47. The second-order valence-electron chi connectivity index (χ2n) is 4.00. The molecule has 0 spiro atoms. The topological polar surface area (TPSA) is 29.9 Å². The van der Waals surface area contributed by atoms with Gasteiger partial charge in [0.05, 0.1) is 5.69 Å². The Morgan fingerprint density at radius 1 is 1.18 bits per heavy atom. The van der Waals surface area contributed by atoms with Crippen LogP contribution in [-0.4, -0.2) is 16.6 Å². The molecule has 1 aromatic carbocycles. The Morgan fingerprint density at radius 2 is 1.82 bits per heavy atom. The summed E-state index contributed by atoms with van der Waals surface area (Å²) in [6.45, 7) is 4.14. The van der Waals surface area contributed by atoms with Gasteiger partial charge in [-0.15, -0.1) is 0 Å². The summed E-state index contributed by atoms with van der Waals surface area (Å²) in [5.74, 6) is 0. The molecule has 0 unspecified atom stereocenters. The van der Waals surface area contributed by atoms with E-state index in [2.05, 4.69) is 53.1 Å². The van der Waals surface area contributed by atoms with E-state index in [0.717, 1.165) is 16.5 Å². The first-order valence-electron chi connectivity index (χ1n) is 5.57. The molecule has 0 amide bonds. The van der Waals surface area contributed by atoms with Crippen LogP contribution in [0.15, 0.2) is 34.3 Å². The highest BCUT2D eigenvalue weighted by Gasteiger charge is 2.08. The van der Waals surface area contributed by atoms with Crippen LogP contribution in [0.4, 0.5) is 5.69 Å². The molecule has 0 aliphatic rings. The smallest absolute Gasteiger partial charge is 0.173 e. The zero-order chi connectivity index (χ0) is 12.4. The van der Waals surface area contributed by atoms with Gasteiger partial charge in [0.2, 0.25) is 0 Å². The van der Waals surface area contributed by atoms with E-state index in [9.17, 15) is 0 Å². The van der Waals surface area contributed by atoms with Crippen molar-refractivity contribution in [3.05, 3.63) is 35.7 Å². The standard InChI is InChI=1S/C13H17N3S/c1-9-10(2)16(4)13(15-9)17-12-7-5-11(14-3)6-8-12/h5-8,14H,1-4H3. The number of imidazole rings is 1. The van der Waals surface area contributed by atoms with E-state index in [0.29, 0.717) is 0 Å². The number of hydrogen-bond donors (Lipinski definition) is 1. The molecule has 4 heteroatoms. The fraction of sp³-hybridized carbons (Fsp3) is 0.308. The minimum absolute atomic E-state index is 1.04. The van der Waals surface area contributed by atoms with E-state index in [1.807, 2.05) is 14.0 Å². The van der Waals surface area contributed by atoms with E-state index in [4.69, 9.17) is 0 Å². The molecule has 90 valence electrons. The highest BCUT2D eigenvalue weighted by atomic mass is 32.2. The molecule has 3 nitrogen and oxygen atoms in total. The zero-order valence-corrected chi connectivity index (χ0v) is 11.4. The van der Waals surface area contributed by atoms with Crippen molar-refractivity contribution in [2.24, 2.45) is 7.05 Å². The lowest BCUT2D eigenvalue weighted by atomic mass is 10.3. The lowest BCUT2D eigenvalue weighted by Gasteiger charge is -2.04. The van der Waals surface area contributed by atoms with Gasteiger partial charge in [-0.1, -0.05) is 11.8 Å². The molecular formula is C13H17N3S. The Hall–Kier alpha value is -1.42. The largest absolute Gasteiger partial charge is 0.388 e. The fourth-order valence-corrected chi connectivity index (χ4v) is 2.51. The van der Waals surface area contributed by atoms with Crippen molar-refractivity contribution >= 4 is 17.4 Å². The Balaban J connectivity index is 2.22. The minimum Gasteiger partial charge on any atom is -0.388 e. The highest BCUT2D eigenvalue weighted by molar-refractivity contribution is 7.99. The molecule has 0 fully saturated rings. The minimum atomic E-state index is 1.04. The molecular weight excluding hydrogens is 230 g/mol. The molecule has 1 aromatic heterocycles. The molecule has 0 saturated carbocycles. The van der Waals surface area contributed by atoms with Gasteiger partial charge in [0.15, 0.2) is 5.16 Å². The third-order valence-corrected chi connectivity index (χ3v) is 3.98. The summed E-state index contributed by atoms with van der Waals surface area (Å²) in [6, 6.07) is 8.36. The average molecular weight is 247 g/mol. The fourth-order valence-electron chi connectivity index (χ4n) is 1.57. The summed E-state index contributed by atoms with van der Waals surface area (Å²) in [6.07, 6.45) is 0. The van der Waals surface area contributed by atoms with Crippen LogP contribution in [0.25, 0.3) is 0 Å². The van der Waals surface area contributed by atoms with Gasteiger partial charge in [-0.3, -0.25) is 0 Å². The first-order chi connectivity index (χ1) is 8.11. The second-order valence-corrected chi connectivity index (χ2v) is 5.04. The first kappa shape index (κ1) is 12.0. The highest BCUT2D eigenvalue weighted by Crippen LogP contribution is 2.28. The maximum atomic E-state index is 4.56. The van der Waals surface area contributed by atoms with E-state index >= 15 is 0 Å². The van der Waals surface area contributed by atoms with E-state index in [1.54, 1.807) is 11.8 Å². The van der Waals surface area contributed by atoms with Crippen LogP contribution >= 0.6 is 11.8 Å². The maximum absolute atomic E-state index is 4.56. The van der Waals surface area contributed by atoms with E-state index < -0.39 is 0 Å². The van der Waals surface area contributed by atoms with Crippen molar-refractivity contribution in [1.29, 1.82) is 0 Å². The Bertz CT molecular complexity index is 514. The number of hydrogen-bond acceptors (Lipinski definition) is 3.